The fourth-order valence-corrected chi connectivity index (χ4v) is 1.20. The average Bonchev–Trinajstić information content (AvgIpc) is 2.08. The fraction of sp³-hybridized carbons (Fsp3) is 0.222. The van der Waals surface area contributed by atoms with E-state index in [0.29, 0.717) is 5.56 Å². The van der Waals surface area contributed by atoms with Gasteiger partial charge in [0.1, 0.15) is 5.75 Å². The number of phenolic OH excluding ortho intramolecular Hbond substituents is 1. The molecule has 0 aliphatic rings. The Morgan fingerprint density at radius 3 is 2.69 bits per heavy atom. The van der Waals surface area contributed by atoms with Gasteiger partial charge in [0, 0.05) is 5.56 Å². The van der Waals surface area contributed by atoms with E-state index in [2.05, 4.69) is 0 Å². The van der Waals surface area contributed by atoms with Crippen LogP contribution in [0.5, 0.6) is 5.75 Å². The quantitative estimate of drug-likeness (QED) is 0.719. The Morgan fingerprint density at radius 1 is 1.54 bits per heavy atom. The molecule has 0 saturated carbocycles. The van der Waals surface area contributed by atoms with Crippen molar-refractivity contribution >= 4 is 17.6 Å². The number of aryl methyl sites for hydroxylation is 1. The molecule has 2 N–H and O–H groups in total. The van der Waals surface area contributed by atoms with Gasteiger partial charge in [0.15, 0.2) is 5.38 Å². The monoisotopic (exact) mass is 200 g/mol. The third-order valence-corrected chi connectivity index (χ3v) is 2.18. The third-order valence-electron chi connectivity index (χ3n) is 1.76. The van der Waals surface area contributed by atoms with Crippen LogP contribution < -0.4 is 0 Å². The number of alkyl halides is 1. The highest BCUT2D eigenvalue weighted by molar-refractivity contribution is 6.29. The summed E-state index contributed by atoms with van der Waals surface area (Å²) in [4.78, 5) is 10.5. The first-order valence-corrected chi connectivity index (χ1v) is 4.13. The van der Waals surface area contributed by atoms with E-state index in [1.54, 1.807) is 19.1 Å². The van der Waals surface area contributed by atoms with Crippen molar-refractivity contribution in [3.63, 3.8) is 0 Å². The molecule has 0 aromatic heterocycles. The van der Waals surface area contributed by atoms with Crippen LogP contribution in [0.15, 0.2) is 18.2 Å². The third kappa shape index (κ3) is 1.92. The van der Waals surface area contributed by atoms with Gasteiger partial charge in [-0.15, -0.1) is 11.6 Å². The molecule has 0 heterocycles. The lowest BCUT2D eigenvalue weighted by atomic mass is 10.1. The fourth-order valence-electron chi connectivity index (χ4n) is 1.02. The van der Waals surface area contributed by atoms with E-state index >= 15 is 0 Å². The van der Waals surface area contributed by atoms with Crippen LogP contribution in [0.2, 0.25) is 0 Å². The second kappa shape index (κ2) is 3.66. The number of carboxylic acid groups (broad SMARTS) is 1. The van der Waals surface area contributed by atoms with E-state index in [4.69, 9.17) is 16.7 Å². The molecule has 1 rings (SSSR count). The topological polar surface area (TPSA) is 57.5 Å². The molecule has 1 aromatic rings. The average molecular weight is 201 g/mol. The van der Waals surface area contributed by atoms with Gasteiger partial charge >= 0.3 is 5.97 Å². The van der Waals surface area contributed by atoms with Crippen molar-refractivity contribution in [3.05, 3.63) is 29.3 Å². The molecule has 0 saturated heterocycles. The molecule has 0 amide bonds. The summed E-state index contributed by atoms with van der Waals surface area (Å²) in [6, 6.07) is 4.83. The number of aliphatic carboxylic acids is 1. The minimum absolute atomic E-state index is 0.0510. The summed E-state index contributed by atoms with van der Waals surface area (Å²) in [7, 11) is 0. The Kier molecular flexibility index (Phi) is 2.78. The summed E-state index contributed by atoms with van der Waals surface area (Å²) in [5.41, 5.74) is 0.846. The van der Waals surface area contributed by atoms with E-state index in [1.165, 1.54) is 6.07 Å². The van der Waals surface area contributed by atoms with Crippen LogP contribution in [0.1, 0.15) is 16.5 Å². The zero-order chi connectivity index (χ0) is 10.0. The van der Waals surface area contributed by atoms with Crippen LogP contribution in [-0.2, 0) is 4.79 Å². The number of rotatable bonds is 2. The smallest absolute Gasteiger partial charge is 0.326 e. The molecule has 1 aromatic carbocycles. The zero-order valence-electron chi connectivity index (χ0n) is 6.99. The summed E-state index contributed by atoms with van der Waals surface area (Å²) in [5, 5.41) is 16.9. The van der Waals surface area contributed by atoms with Crippen LogP contribution >= 0.6 is 11.6 Å². The molecule has 3 nitrogen and oxygen atoms in total. The molecule has 0 spiro atoms. The highest BCUT2D eigenvalue weighted by Gasteiger charge is 2.20. The van der Waals surface area contributed by atoms with E-state index in [9.17, 15) is 9.90 Å². The summed E-state index contributed by atoms with van der Waals surface area (Å²) < 4.78 is 0. The van der Waals surface area contributed by atoms with E-state index < -0.39 is 11.3 Å². The Balaban J connectivity index is 3.15. The number of halogens is 1. The first-order chi connectivity index (χ1) is 6.04. The number of hydrogen-bond acceptors (Lipinski definition) is 2. The zero-order valence-corrected chi connectivity index (χ0v) is 7.75. The Hall–Kier alpha value is -1.22. The SMILES string of the molecule is Cc1cccc(C(Cl)C(=O)O)c1O. The van der Waals surface area contributed by atoms with Gasteiger partial charge in [-0.1, -0.05) is 18.2 Å². The molecule has 0 bridgehead atoms. The predicted molar refractivity (Wildman–Crippen MR) is 49.1 cm³/mol. The lowest BCUT2D eigenvalue weighted by molar-refractivity contribution is -0.136. The van der Waals surface area contributed by atoms with Gasteiger partial charge in [0.25, 0.3) is 0 Å². The molecule has 1 unspecified atom stereocenters. The van der Waals surface area contributed by atoms with Gasteiger partial charge in [0.05, 0.1) is 0 Å². The molecule has 0 aliphatic carbocycles. The van der Waals surface area contributed by atoms with Crippen LogP contribution in [0, 0.1) is 6.92 Å². The highest BCUT2D eigenvalue weighted by atomic mass is 35.5. The first kappa shape index (κ1) is 9.86. The molecular formula is C9H9ClO3. The lowest BCUT2D eigenvalue weighted by Gasteiger charge is -2.08. The minimum atomic E-state index is -1.19. The van der Waals surface area contributed by atoms with Gasteiger partial charge in [-0.05, 0) is 12.5 Å². The van der Waals surface area contributed by atoms with Crippen LogP contribution in [0.25, 0.3) is 0 Å². The standard InChI is InChI=1S/C9H9ClO3/c1-5-3-2-4-6(8(5)11)7(10)9(12)13/h2-4,7,11H,1H3,(H,12,13). The molecule has 13 heavy (non-hydrogen) atoms. The maximum absolute atomic E-state index is 10.5. The number of benzene rings is 1. The maximum atomic E-state index is 10.5. The van der Waals surface area contributed by atoms with Crippen molar-refractivity contribution in [2.75, 3.05) is 0 Å². The van der Waals surface area contributed by atoms with Crippen LogP contribution in [-0.4, -0.2) is 16.2 Å². The largest absolute Gasteiger partial charge is 0.507 e. The molecule has 4 heteroatoms. The Labute approximate surface area is 80.6 Å². The van der Waals surface area contributed by atoms with E-state index in [0.717, 1.165) is 0 Å². The van der Waals surface area contributed by atoms with Gasteiger partial charge in [-0.3, -0.25) is 4.79 Å². The molecule has 0 radical (unpaired) electrons. The highest BCUT2D eigenvalue weighted by Crippen LogP contribution is 2.31. The summed E-state index contributed by atoms with van der Waals surface area (Å²) in [6.45, 7) is 1.68. The number of aromatic hydroxyl groups is 1. The maximum Gasteiger partial charge on any atom is 0.326 e. The molecule has 1 atom stereocenters. The summed E-state index contributed by atoms with van der Waals surface area (Å²) >= 11 is 5.56. The second-order valence-corrected chi connectivity index (χ2v) is 3.15. The van der Waals surface area contributed by atoms with E-state index in [-0.39, 0.29) is 11.3 Å². The first-order valence-electron chi connectivity index (χ1n) is 3.69. The second-order valence-electron chi connectivity index (χ2n) is 2.71. The lowest BCUT2D eigenvalue weighted by Crippen LogP contribution is -2.05. The van der Waals surface area contributed by atoms with Gasteiger partial charge in [-0.2, -0.15) is 0 Å². The number of para-hydroxylation sites is 1. The predicted octanol–water partition coefficient (Wildman–Crippen LogP) is 2.07. The Bertz CT molecular complexity index is 336. The molecular weight excluding hydrogens is 192 g/mol. The van der Waals surface area contributed by atoms with Crippen molar-refractivity contribution < 1.29 is 15.0 Å². The van der Waals surface area contributed by atoms with Crippen molar-refractivity contribution in [1.29, 1.82) is 0 Å². The number of carboxylic acids is 1. The van der Waals surface area contributed by atoms with Gasteiger partial charge < -0.3 is 10.2 Å². The number of hydrogen-bond donors (Lipinski definition) is 2. The van der Waals surface area contributed by atoms with Crippen molar-refractivity contribution in [3.8, 4) is 5.75 Å². The van der Waals surface area contributed by atoms with Crippen molar-refractivity contribution in [2.24, 2.45) is 0 Å². The number of carbonyl (C=O) groups is 1. The molecule has 0 aliphatic heterocycles. The van der Waals surface area contributed by atoms with E-state index in [1.807, 2.05) is 0 Å². The van der Waals surface area contributed by atoms with Gasteiger partial charge in [-0.25, -0.2) is 0 Å². The van der Waals surface area contributed by atoms with Crippen LogP contribution in [0.3, 0.4) is 0 Å². The number of phenols is 1. The summed E-state index contributed by atoms with van der Waals surface area (Å²) in [5.74, 6) is -1.22. The van der Waals surface area contributed by atoms with Crippen molar-refractivity contribution in [2.45, 2.75) is 12.3 Å². The summed E-state index contributed by atoms with van der Waals surface area (Å²) in [6.07, 6.45) is 0. The molecule has 0 fully saturated rings. The van der Waals surface area contributed by atoms with Crippen LogP contribution in [0.4, 0.5) is 0 Å². The van der Waals surface area contributed by atoms with Crippen molar-refractivity contribution in [1.82, 2.24) is 0 Å². The minimum Gasteiger partial charge on any atom is -0.507 e. The normalized spacial score (nSPS) is 12.5. The Morgan fingerprint density at radius 2 is 2.15 bits per heavy atom. The molecule has 70 valence electrons. The van der Waals surface area contributed by atoms with Gasteiger partial charge in [0.2, 0.25) is 0 Å².